The third-order valence-electron chi connectivity index (χ3n) is 5.90. The van der Waals surface area contributed by atoms with Crippen molar-refractivity contribution < 1.29 is 37.9 Å². The molecule has 157 valence electrons. The largest absolute Gasteiger partial charge is 0.367 e. The standard InChI is InChI=1S/2C9H14O4.B2.B/c2*1-4-7-9(13-7)8-6(11-4)3-10-5(2)12-8;1-2;/h2*4-9H,3H2,1-2H3;;. The zero-order valence-electron chi connectivity index (χ0n) is 17.3. The van der Waals surface area contributed by atoms with Crippen LogP contribution in [0.5, 0.6) is 0 Å². The summed E-state index contributed by atoms with van der Waals surface area (Å²) in [6, 6.07) is 0. The van der Waals surface area contributed by atoms with Gasteiger partial charge in [-0.25, -0.2) is 0 Å². The highest BCUT2D eigenvalue weighted by molar-refractivity contribution is 6.75. The fourth-order valence-electron chi connectivity index (χ4n) is 4.42. The van der Waals surface area contributed by atoms with Crippen LogP contribution in [0.15, 0.2) is 0 Å². The number of rotatable bonds is 0. The van der Waals surface area contributed by atoms with Crippen molar-refractivity contribution in [3.05, 3.63) is 0 Å². The van der Waals surface area contributed by atoms with Gasteiger partial charge in [0.05, 0.1) is 25.4 Å². The fraction of sp³-hybridized carbons (Fsp3) is 1.00. The predicted octanol–water partition coefficient (Wildman–Crippen LogP) is -0.537. The van der Waals surface area contributed by atoms with E-state index < -0.39 is 0 Å². The Labute approximate surface area is 176 Å². The average molecular weight is 405 g/mol. The van der Waals surface area contributed by atoms with Gasteiger partial charge in [-0.2, -0.15) is 0 Å². The summed E-state index contributed by atoms with van der Waals surface area (Å²) < 4.78 is 44.4. The highest BCUT2D eigenvalue weighted by Crippen LogP contribution is 2.41. The van der Waals surface area contributed by atoms with E-state index in [0.717, 1.165) is 0 Å². The molecule has 0 saturated carbocycles. The van der Waals surface area contributed by atoms with Gasteiger partial charge in [-0.15, -0.1) is 0 Å². The number of ether oxygens (including phenoxy) is 8. The van der Waals surface area contributed by atoms with Crippen LogP contribution >= 0.6 is 0 Å². The molecule has 6 rings (SSSR count). The Morgan fingerprint density at radius 1 is 0.517 bits per heavy atom. The van der Waals surface area contributed by atoms with Crippen molar-refractivity contribution in [3.63, 3.8) is 0 Å². The van der Waals surface area contributed by atoms with Crippen LogP contribution in [-0.4, -0.2) is 111 Å². The van der Waals surface area contributed by atoms with Crippen molar-refractivity contribution in [2.24, 2.45) is 0 Å². The molecule has 6 fully saturated rings. The third kappa shape index (κ3) is 4.87. The normalized spacial score (nSPS) is 53.5. The first-order chi connectivity index (χ1) is 13.5. The molecule has 11 heteroatoms. The molecule has 12 unspecified atom stereocenters. The SMILES string of the molecule is CC1OCC2OC(C)C3OC3C2O1.CC1OCC2OC(C)C3OC3C2O1.[B].[B][B]. The minimum Gasteiger partial charge on any atom is -0.367 e. The number of hydrogen-bond donors (Lipinski definition) is 0. The number of epoxide rings is 2. The zero-order valence-corrected chi connectivity index (χ0v) is 17.3. The molecule has 6 aliphatic rings. The lowest BCUT2D eigenvalue weighted by Crippen LogP contribution is -2.52. The van der Waals surface area contributed by atoms with Crippen molar-refractivity contribution in [2.75, 3.05) is 13.2 Å². The molecule has 6 saturated heterocycles. The molecule has 6 aliphatic heterocycles. The van der Waals surface area contributed by atoms with E-state index in [1.165, 1.54) is 0 Å². The topological polar surface area (TPSA) is 80.4 Å². The number of hydrogen-bond acceptors (Lipinski definition) is 8. The minimum atomic E-state index is -0.122. The van der Waals surface area contributed by atoms with Crippen molar-refractivity contribution >= 4 is 23.9 Å². The van der Waals surface area contributed by atoms with Crippen LogP contribution in [0.3, 0.4) is 0 Å². The maximum atomic E-state index is 5.72. The molecule has 0 aliphatic carbocycles. The molecule has 0 bridgehead atoms. The second-order valence-corrected chi connectivity index (χ2v) is 7.89. The van der Waals surface area contributed by atoms with Gasteiger partial charge in [0.15, 0.2) is 12.6 Å². The first-order valence-electron chi connectivity index (χ1n) is 10.0. The maximum absolute atomic E-state index is 5.72. The van der Waals surface area contributed by atoms with Crippen LogP contribution in [0, 0.1) is 0 Å². The van der Waals surface area contributed by atoms with Crippen LogP contribution in [-0.2, 0) is 37.9 Å². The van der Waals surface area contributed by atoms with E-state index in [2.05, 4.69) is 15.5 Å². The Hall–Kier alpha value is -0.125. The zero-order chi connectivity index (χ0) is 20.0. The second-order valence-electron chi connectivity index (χ2n) is 7.89. The first kappa shape index (κ1) is 23.5. The van der Waals surface area contributed by atoms with Gasteiger partial charge in [0, 0.05) is 23.9 Å². The van der Waals surface area contributed by atoms with Crippen LogP contribution < -0.4 is 0 Å². The highest BCUT2D eigenvalue weighted by atomic mass is 16.7. The van der Waals surface area contributed by atoms with E-state index in [4.69, 9.17) is 37.9 Å². The van der Waals surface area contributed by atoms with Crippen molar-refractivity contribution in [1.29, 1.82) is 0 Å². The summed E-state index contributed by atoms with van der Waals surface area (Å²) in [7, 11) is 8.00. The molecule has 12 atom stereocenters. The summed E-state index contributed by atoms with van der Waals surface area (Å²) >= 11 is 0. The van der Waals surface area contributed by atoms with Crippen LogP contribution in [0.25, 0.3) is 0 Å². The molecule has 0 aromatic carbocycles. The smallest absolute Gasteiger partial charge is 0.155 e. The van der Waals surface area contributed by atoms with E-state index in [9.17, 15) is 0 Å². The Kier molecular flexibility index (Phi) is 7.76. The molecule has 6 heterocycles. The highest BCUT2D eigenvalue weighted by Gasteiger charge is 2.59. The molecule has 0 amide bonds. The lowest BCUT2D eigenvalue weighted by atomic mass is 9.81. The first-order valence-corrected chi connectivity index (χ1v) is 10.0. The summed E-state index contributed by atoms with van der Waals surface area (Å²) in [4.78, 5) is 0. The van der Waals surface area contributed by atoms with E-state index in [1.54, 1.807) is 0 Å². The predicted molar refractivity (Wildman–Crippen MR) is 104 cm³/mol. The average Bonchev–Trinajstić information content (AvgIpc) is 3.58. The molecule has 8 nitrogen and oxygen atoms in total. The van der Waals surface area contributed by atoms with Gasteiger partial charge in [-0.1, -0.05) is 0 Å². The molecule has 29 heavy (non-hydrogen) atoms. The van der Waals surface area contributed by atoms with Crippen molar-refractivity contribution in [3.8, 4) is 0 Å². The summed E-state index contributed by atoms with van der Waals surface area (Å²) in [5, 5.41) is 0. The lowest BCUT2D eigenvalue weighted by molar-refractivity contribution is -0.270. The van der Waals surface area contributed by atoms with Crippen molar-refractivity contribution in [1.82, 2.24) is 0 Å². The van der Waals surface area contributed by atoms with Gasteiger partial charge in [-0.05, 0) is 27.7 Å². The lowest BCUT2D eigenvalue weighted by Gasteiger charge is -2.38. The maximum Gasteiger partial charge on any atom is 0.155 e. The van der Waals surface area contributed by atoms with Crippen LogP contribution in [0.4, 0.5) is 0 Å². The van der Waals surface area contributed by atoms with Crippen molar-refractivity contribution in [2.45, 2.75) is 101 Å². The van der Waals surface area contributed by atoms with Gasteiger partial charge in [0.1, 0.15) is 48.8 Å². The minimum absolute atomic E-state index is 0. The molecule has 0 aromatic rings. The molecule has 0 N–H and O–H groups in total. The summed E-state index contributed by atoms with van der Waals surface area (Å²) in [5.74, 6) is 0. The van der Waals surface area contributed by atoms with E-state index in [0.29, 0.717) is 13.2 Å². The summed E-state index contributed by atoms with van der Waals surface area (Å²) in [5.41, 5.74) is 0. The van der Waals surface area contributed by atoms with Crippen LogP contribution in [0.1, 0.15) is 27.7 Å². The van der Waals surface area contributed by atoms with Gasteiger partial charge in [0.2, 0.25) is 0 Å². The van der Waals surface area contributed by atoms with E-state index in [-0.39, 0.29) is 82.0 Å². The number of fused-ring (bicyclic) bond motifs is 6. The Balaban J connectivity index is 0.000000148. The Morgan fingerprint density at radius 3 is 1.28 bits per heavy atom. The monoisotopic (exact) mass is 405 g/mol. The fourth-order valence-corrected chi connectivity index (χ4v) is 4.42. The third-order valence-corrected chi connectivity index (χ3v) is 5.90. The molecular weight excluding hydrogens is 377 g/mol. The van der Waals surface area contributed by atoms with Gasteiger partial charge < -0.3 is 37.9 Å². The molecule has 7 radical (unpaired) electrons. The molecule has 0 spiro atoms. The van der Waals surface area contributed by atoms with Gasteiger partial charge in [-0.3, -0.25) is 0 Å². The molecular formula is C18H28B3O8. The Bertz CT molecular complexity index is 499. The van der Waals surface area contributed by atoms with E-state index in [1.807, 2.05) is 27.7 Å². The van der Waals surface area contributed by atoms with E-state index >= 15 is 0 Å². The second kappa shape index (κ2) is 9.57. The summed E-state index contributed by atoms with van der Waals surface area (Å²) in [6.45, 7) is 9.15. The Morgan fingerprint density at radius 2 is 0.897 bits per heavy atom. The summed E-state index contributed by atoms with van der Waals surface area (Å²) in [6.07, 6.45) is 1.45. The molecule has 0 aromatic heterocycles. The van der Waals surface area contributed by atoms with Gasteiger partial charge >= 0.3 is 0 Å². The van der Waals surface area contributed by atoms with Crippen LogP contribution in [0.2, 0.25) is 0 Å². The van der Waals surface area contributed by atoms with Gasteiger partial charge in [0.25, 0.3) is 0 Å². The quantitative estimate of drug-likeness (QED) is 0.393.